The number of rotatable bonds is 3. The molecule has 0 heterocycles. The van der Waals surface area contributed by atoms with Crippen LogP contribution < -0.4 is 34.7 Å². The smallest absolute Gasteiger partial charge is 0.549 e. The Bertz CT molecular complexity index is 119. The Morgan fingerprint density at radius 3 is 1.90 bits per heavy atom. The van der Waals surface area contributed by atoms with Gasteiger partial charge in [0.25, 0.3) is 0 Å². The number of carbonyl (C=O) groups is 2. The maximum absolute atomic E-state index is 10.4. The van der Waals surface area contributed by atoms with Gasteiger partial charge in [-0.3, -0.25) is 4.79 Å². The van der Waals surface area contributed by atoms with Crippen molar-refractivity contribution in [2.24, 2.45) is 5.92 Å². The zero-order valence-electron chi connectivity index (χ0n) is 6.51. The molecule has 4 heteroatoms. The van der Waals surface area contributed by atoms with E-state index < -0.39 is 11.9 Å². The van der Waals surface area contributed by atoms with Gasteiger partial charge in [-0.25, -0.2) is 0 Å². The molecule has 3 nitrogen and oxygen atoms in total. The van der Waals surface area contributed by atoms with Crippen molar-refractivity contribution >= 4 is 11.8 Å². The Morgan fingerprint density at radius 2 is 1.90 bits per heavy atom. The van der Waals surface area contributed by atoms with Crippen LogP contribution in [0.3, 0.4) is 0 Å². The first kappa shape index (κ1) is 12.8. The molecule has 0 rings (SSSR count). The summed E-state index contributed by atoms with van der Waals surface area (Å²) in [6.07, 6.45) is 0.317. The Morgan fingerprint density at radius 1 is 1.50 bits per heavy atom. The molecular weight excluding hydrogens is 143 g/mol. The molecule has 10 heavy (non-hydrogen) atoms. The quantitative estimate of drug-likeness (QED) is 0.309. The van der Waals surface area contributed by atoms with Gasteiger partial charge < -0.3 is 9.90 Å². The fourth-order valence-electron chi connectivity index (χ4n) is 0.620. The molecule has 1 unspecified atom stereocenters. The van der Waals surface area contributed by atoms with Crippen LogP contribution in [0.4, 0.5) is 0 Å². The Balaban J connectivity index is 0. The largest absolute Gasteiger partial charge is 1.00 e. The Labute approximate surface area is 82.1 Å². The van der Waals surface area contributed by atoms with E-state index in [1.165, 1.54) is 6.92 Å². The van der Waals surface area contributed by atoms with E-state index in [0.717, 1.165) is 0 Å². The van der Waals surface area contributed by atoms with Crippen molar-refractivity contribution in [3.05, 3.63) is 0 Å². The zero-order valence-corrected chi connectivity index (χ0v) is 8.51. The SMILES string of the molecule is CCC(C(C)=O)C(=O)[O-].[Na+]. The molecule has 0 amide bonds. The second-order valence-corrected chi connectivity index (χ2v) is 1.89. The third-order valence-electron chi connectivity index (χ3n) is 1.18. The molecule has 0 bridgehead atoms. The summed E-state index contributed by atoms with van der Waals surface area (Å²) in [5.74, 6) is -2.52. The summed E-state index contributed by atoms with van der Waals surface area (Å²) >= 11 is 0. The van der Waals surface area contributed by atoms with Crippen molar-refractivity contribution in [2.75, 3.05) is 0 Å². The Kier molecular flexibility index (Phi) is 7.53. The van der Waals surface area contributed by atoms with Gasteiger partial charge in [0.05, 0.1) is 11.9 Å². The van der Waals surface area contributed by atoms with Gasteiger partial charge in [-0.15, -0.1) is 0 Å². The van der Waals surface area contributed by atoms with Crippen molar-refractivity contribution in [2.45, 2.75) is 20.3 Å². The predicted molar refractivity (Wildman–Crippen MR) is 29.5 cm³/mol. The monoisotopic (exact) mass is 152 g/mol. The van der Waals surface area contributed by atoms with E-state index in [1.54, 1.807) is 6.92 Å². The molecule has 0 saturated heterocycles. The second kappa shape index (κ2) is 5.89. The third kappa shape index (κ3) is 4.04. The molecule has 0 saturated carbocycles. The van der Waals surface area contributed by atoms with Crippen LogP contribution in [-0.4, -0.2) is 11.8 Å². The third-order valence-corrected chi connectivity index (χ3v) is 1.18. The number of hydrogen-bond acceptors (Lipinski definition) is 3. The number of Topliss-reactive ketones (excluding diaryl/α,β-unsaturated/α-hetero) is 1. The maximum atomic E-state index is 10.4. The van der Waals surface area contributed by atoms with Crippen molar-refractivity contribution in [3.63, 3.8) is 0 Å². The van der Waals surface area contributed by atoms with Crippen molar-refractivity contribution in [3.8, 4) is 0 Å². The molecule has 0 aromatic rings. The van der Waals surface area contributed by atoms with E-state index in [2.05, 4.69) is 0 Å². The standard InChI is InChI=1S/C6H10O3.Na/c1-3-5(4(2)7)6(8)9;/h5H,3H2,1-2H3,(H,8,9);/q;+1/p-1. The minimum atomic E-state index is -1.27. The Hall–Kier alpha value is 0.140. The first-order valence-corrected chi connectivity index (χ1v) is 2.81. The van der Waals surface area contributed by atoms with E-state index in [9.17, 15) is 14.7 Å². The van der Waals surface area contributed by atoms with E-state index in [4.69, 9.17) is 0 Å². The second-order valence-electron chi connectivity index (χ2n) is 1.89. The van der Waals surface area contributed by atoms with Crippen LogP contribution in [0.15, 0.2) is 0 Å². The van der Waals surface area contributed by atoms with Crippen molar-refractivity contribution in [1.82, 2.24) is 0 Å². The summed E-state index contributed by atoms with van der Waals surface area (Å²) in [5, 5.41) is 10.0. The van der Waals surface area contributed by atoms with Crippen LogP contribution in [0.1, 0.15) is 20.3 Å². The van der Waals surface area contributed by atoms with Crippen LogP contribution >= 0.6 is 0 Å². The van der Waals surface area contributed by atoms with Gasteiger partial charge in [0.1, 0.15) is 5.78 Å². The molecule has 52 valence electrons. The van der Waals surface area contributed by atoms with Gasteiger partial charge in [0, 0.05) is 0 Å². The summed E-state index contributed by atoms with van der Waals surface area (Å²) in [4.78, 5) is 20.4. The molecule has 0 aromatic heterocycles. The molecule has 1 atom stereocenters. The van der Waals surface area contributed by atoms with Crippen LogP contribution in [0.2, 0.25) is 0 Å². The topological polar surface area (TPSA) is 57.2 Å². The minimum absolute atomic E-state index is 0. The zero-order chi connectivity index (χ0) is 7.44. The molecule has 0 aliphatic rings. The van der Waals surface area contributed by atoms with E-state index in [0.29, 0.717) is 6.42 Å². The van der Waals surface area contributed by atoms with Crippen molar-refractivity contribution < 1.29 is 44.3 Å². The van der Waals surface area contributed by atoms with Gasteiger partial charge in [0.15, 0.2) is 0 Å². The normalized spacial score (nSPS) is 11.4. The number of aliphatic carboxylic acids is 1. The minimum Gasteiger partial charge on any atom is -0.549 e. The number of carbonyl (C=O) groups excluding carboxylic acids is 2. The van der Waals surface area contributed by atoms with E-state index >= 15 is 0 Å². The molecule has 0 aliphatic heterocycles. The summed E-state index contributed by atoms with van der Waals surface area (Å²) < 4.78 is 0. The van der Waals surface area contributed by atoms with Gasteiger partial charge >= 0.3 is 29.6 Å². The first-order chi connectivity index (χ1) is 4.09. The summed E-state index contributed by atoms with van der Waals surface area (Å²) in [6, 6.07) is 0. The fourth-order valence-corrected chi connectivity index (χ4v) is 0.620. The summed E-state index contributed by atoms with van der Waals surface area (Å²) in [7, 11) is 0. The molecule has 0 aromatic carbocycles. The van der Waals surface area contributed by atoms with Gasteiger partial charge in [-0.2, -0.15) is 0 Å². The average molecular weight is 152 g/mol. The first-order valence-electron chi connectivity index (χ1n) is 2.81. The number of carboxylic acid groups (broad SMARTS) is 1. The van der Waals surface area contributed by atoms with Crippen LogP contribution in [0.5, 0.6) is 0 Å². The average Bonchev–Trinajstić information content (AvgIpc) is 1.64. The van der Waals surface area contributed by atoms with Crippen LogP contribution in [0, 0.1) is 5.92 Å². The predicted octanol–water partition coefficient (Wildman–Crippen LogP) is -3.64. The van der Waals surface area contributed by atoms with Gasteiger partial charge in [-0.1, -0.05) is 6.92 Å². The summed E-state index contributed by atoms with van der Waals surface area (Å²) in [5.41, 5.74) is 0. The molecule has 0 spiro atoms. The van der Waals surface area contributed by atoms with E-state index in [-0.39, 0.29) is 35.3 Å². The maximum Gasteiger partial charge on any atom is 1.00 e. The van der Waals surface area contributed by atoms with Gasteiger partial charge in [-0.05, 0) is 13.3 Å². The van der Waals surface area contributed by atoms with Gasteiger partial charge in [0.2, 0.25) is 0 Å². The molecule has 0 fully saturated rings. The molecule has 0 radical (unpaired) electrons. The van der Waals surface area contributed by atoms with E-state index in [1.807, 2.05) is 0 Å². The number of ketones is 1. The number of hydrogen-bond donors (Lipinski definition) is 0. The molecular formula is C6H9NaO3. The fraction of sp³-hybridized carbons (Fsp3) is 0.667. The summed E-state index contributed by atoms with van der Waals surface area (Å²) in [6.45, 7) is 2.89. The van der Waals surface area contributed by atoms with Crippen LogP contribution in [-0.2, 0) is 9.59 Å². The van der Waals surface area contributed by atoms with Crippen molar-refractivity contribution in [1.29, 1.82) is 0 Å². The van der Waals surface area contributed by atoms with Crippen LogP contribution in [0.25, 0.3) is 0 Å². The molecule has 0 aliphatic carbocycles. The number of carboxylic acids is 1. The molecule has 0 N–H and O–H groups in total.